The van der Waals surface area contributed by atoms with Crippen molar-refractivity contribution in [1.29, 1.82) is 0 Å². The monoisotopic (exact) mass is 433 g/mol. The van der Waals surface area contributed by atoms with Crippen molar-refractivity contribution in [1.82, 2.24) is 9.55 Å². The molecule has 1 N–H and O–H groups in total. The van der Waals surface area contributed by atoms with Gasteiger partial charge in [0.25, 0.3) is 11.5 Å². The van der Waals surface area contributed by atoms with Crippen molar-refractivity contribution in [3.8, 4) is 0 Å². The molecule has 10 heteroatoms. The highest BCUT2D eigenvalue weighted by Crippen LogP contribution is 2.20. The fourth-order valence-electron chi connectivity index (χ4n) is 2.87. The molecule has 1 unspecified atom stereocenters. The molecule has 1 atom stereocenters. The first kappa shape index (κ1) is 22.0. The lowest BCUT2D eigenvalue weighted by molar-refractivity contribution is -0.153. The lowest BCUT2D eigenvalue weighted by Crippen LogP contribution is -2.30. The van der Waals surface area contributed by atoms with Crippen LogP contribution in [-0.4, -0.2) is 27.5 Å². The molecule has 0 saturated heterocycles. The Hall–Kier alpha value is -3.69. The molecule has 0 saturated carbocycles. The highest BCUT2D eigenvalue weighted by atomic mass is 19.2. The van der Waals surface area contributed by atoms with Gasteiger partial charge in [0.15, 0.2) is 23.6 Å². The maximum atomic E-state index is 13.7. The van der Waals surface area contributed by atoms with Gasteiger partial charge >= 0.3 is 5.97 Å². The first-order chi connectivity index (χ1) is 14.7. The van der Waals surface area contributed by atoms with Gasteiger partial charge in [-0.25, -0.2) is 18.2 Å². The molecule has 1 aromatic heterocycles. The van der Waals surface area contributed by atoms with E-state index in [1.165, 1.54) is 18.5 Å². The number of nitrogens with zero attached hydrogens (tertiary/aromatic N) is 2. The molecule has 3 rings (SSSR count). The van der Waals surface area contributed by atoms with E-state index in [9.17, 15) is 27.6 Å². The third-order valence-corrected chi connectivity index (χ3v) is 4.60. The zero-order valence-corrected chi connectivity index (χ0v) is 16.6. The van der Waals surface area contributed by atoms with Crippen molar-refractivity contribution in [3.05, 3.63) is 70.0 Å². The summed E-state index contributed by atoms with van der Waals surface area (Å²) < 4.78 is 46.2. The van der Waals surface area contributed by atoms with Crippen LogP contribution < -0.4 is 10.9 Å². The molecular formula is C21H18F3N3O4. The van der Waals surface area contributed by atoms with E-state index in [4.69, 9.17) is 4.74 Å². The Labute approximate surface area is 174 Å². The highest BCUT2D eigenvalue weighted by molar-refractivity contribution is 5.95. The van der Waals surface area contributed by atoms with Crippen LogP contribution in [0, 0.1) is 17.5 Å². The van der Waals surface area contributed by atoms with Crippen LogP contribution in [-0.2, 0) is 27.8 Å². The van der Waals surface area contributed by atoms with Crippen LogP contribution in [0.15, 0.2) is 41.2 Å². The van der Waals surface area contributed by atoms with Gasteiger partial charge in [-0.05, 0) is 31.2 Å². The largest absolute Gasteiger partial charge is 0.453 e. The lowest BCUT2D eigenvalue weighted by Gasteiger charge is -2.14. The normalized spacial score (nSPS) is 11.9. The second-order valence-electron chi connectivity index (χ2n) is 6.75. The summed E-state index contributed by atoms with van der Waals surface area (Å²) in [6.07, 6.45) is -1.41. The zero-order valence-electron chi connectivity index (χ0n) is 16.6. The van der Waals surface area contributed by atoms with Crippen molar-refractivity contribution < 1.29 is 27.5 Å². The Morgan fingerprint density at radius 1 is 1.13 bits per heavy atom. The fraction of sp³-hybridized carbons (Fsp3) is 0.238. The Morgan fingerprint density at radius 2 is 1.84 bits per heavy atom. The van der Waals surface area contributed by atoms with Gasteiger partial charge in [0.1, 0.15) is 5.82 Å². The van der Waals surface area contributed by atoms with Crippen LogP contribution in [0.2, 0.25) is 0 Å². The first-order valence-electron chi connectivity index (χ1n) is 9.27. The van der Waals surface area contributed by atoms with E-state index in [1.54, 1.807) is 24.3 Å². The molecule has 162 valence electrons. The van der Waals surface area contributed by atoms with Gasteiger partial charge in [-0.1, -0.05) is 12.1 Å². The molecule has 0 bridgehead atoms. The van der Waals surface area contributed by atoms with Gasteiger partial charge in [-0.3, -0.25) is 19.0 Å². The zero-order chi connectivity index (χ0) is 22.7. The van der Waals surface area contributed by atoms with Crippen molar-refractivity contribution in [2.75, 3.05) is 5.32 Å². The minimum atomic E-state index is -1.73. The minimum absolute atomic E-state index is 0.0849. The molecule has 1 amide bonds. The molecule has 0 spiro atoms. The lowest BCUT2D eigenvalue weighted by atomic mass is 10.2. The Bertz CT molecular complexity index is 1230. The van der Waals surface area contributed by atoms with Gasteiger partial charge in [0.05, 0.1) is 23.0 Å². The quantitative estimate of drug-likeness (QED) is 0.477. The van der Waals surface area contributed by atoms with Gasteiger partial charge in [0, 0.05) is 13.5 Å². The Kier molecular flexibility index (Phi) is 6.38. The number of para-hydroxylation sites is 1. The minimum Gasteiger partial charge on any atom is -0.453 e. The molecule has 3 aromatic rings. The Balaban J connectivity index is 1.61. The van der Waals surface area contributed by atoms with Crippen molar-refractivity contribution >= 4 is 28.5 Å². The summed E-state index contributed by atoms with van der Waals surface area (Å²) in [4.78, 5) is 40.9. The molecule has 1 heterocycles. The summed E-state index contributed by atoms with van der Waals surface area (Å²) >= 11 is 0. The SMILES string of the molecule is CC(OC(=O)CCc1nc2ccccc2c(=O)n1C)C(=O)Nc1ccc(F)c(F)c1F. The first-order valence-corrected chi connectivity index (χ1v) is 9.27. The number of hydrogen-bond acceptors (Lipinski definition) is 5. The molecular weight excluding hydrogens is 415 g/mol. The summed E-state index contributed by atoms with van der Waals surface area (Å²) in [5.41, 5.74) is -0.340. The smallest absolute Gasteiger partial charge is 0.307 e. The molecule has 0 aliphatic carbocycles. The molecule has 7 nitrogen and oxygen atoms in total. The van der Waals surface area contributed by atoms with E-state index in [0.29, 0.717) is 22.8 Å². The number of fused-ring (bicyclic) bond motifs is 1. The van der Waals surface area contributed by atoms with Crippen LogP contribution >= 0.6 is 0 Å². The number of aromatic nitrogens is 2. The van der Waals surface area contributed by atoms with E-state index >= 15 is 0 Å². The number of nitrogens with one attached hydrogen (secondary N) is 1. The van der Waals surface area contributed by atoms with E-state index < -0.39 is 41.1 Å². The number of ether oxygens (including phenoxy) is 1. The number of hydrogen-bond donors (Lipinski definition) is 1. The van der Waals surface area contributed by atoms with E-state index in [1.807, 2.05) is 5.32 Å². The van der Waals surface area contributed by atoms with Crippen LogP contribution in [0.25, 0.3) is 10.9 Å². The topological polar surface area (TPSA) is 90.3 Å². The average Bonchev–Trinajstić information content (AvgIpc) is 2.75. The summed E-state index contributed by atoms with van der Waals surface area (Å²) in [5.74, 6) is -6.00. The van der Waals surface area contributed by atoms with E-state index in [-0.39, 0.29) is 18.4 Å². The number of anilines is 1. The predicted molar refractivity (Wildman–Crippen MR) is 106 cm³/mol. The van der Waals surface area contributed by atoms with Crippen LogP contribution in [0.5, 0.6) is 0 Å². The number of carbonyl (C=O) groups is 2. The average molecular weight is 433 g/mol. The van der Waals surface area contributed by atoms with E-state index in [2.05, 4.69) is 4.98 Å². The van der Waals surface area contributed by atoms with Crippen LogP contribution in [0.1, 0.15) is 19.2 Å². The standard InChI is InChI=1S/C21H18F3N3O4/c1-11(20(29)26-15-8-7-13(22)18(23)19(15)24)31-17(28)10-9-16-25-14-6-4-3-5-12(14)21(30)27(16)2/h3-8,11H,9-10H2,1-2H3,(H,26,29). The predicted octanol–water partition coefficient (Wildman–Crippen LogP) is 2.85. The molecule has 2 aromatic carbocycles. The number of benzene rings is 2. The summed E-state index contributed by atoms with van der Waals surface area (Å²) in [6, 6.07) is 8.31. The number of carbonyl (C=O) groups excluding carboxylic acids is 2. The molecule has 31 heavy (non-hydrogen) atoms. The molecule has 0 aliphatic heterocycles. The summed E-state index contributed by atoms with van der Waals surface area (Å²) in [6.45, 7) is 1.25. The van der Waals surface area contributed by atoms with Gasteiger partial charge in [-0.15, -0.1) is 0 Å². The van der Waals surface area contributed by atoms with Gasteiger partial charge in [-0.2, -0.15) is 0 Å². The van der Waals surface area contributed by atoms with E-state index in [0.717, 1.165) is 6.07 Å². The van der Waals surface area contributed by atoms with Gasteiger partial charge in [0.2, 0.25) is 0 Å². The summed E-state index contributed by atoms with van der Waals surface area (Å²) in [7, 11) is 1.54. The third-order valence-electron chi connectivity index (χ3n) is 4.60. The highest BCUT2D eigenvalue weighted by Gasteiger charge is 2.21. The van der Waals surface area contributed by atoms with Gasteiger partial charge < -0.3 is 10.1 Å². The number of aryl methyl sites for hydroxylation is 1. The molecule has 0 radical (unpaired) electrons. The molecule has 0 fully saturated rings. The fourth-order valence-corrected chi connectivity index (χ4v) is 2.87. The summed E-state index contributed by atoms with van der Waals surface area (Å²) in [5, 5.41) is 2.49. The maximum absolute atomic E-state index is 13.7. The number of esters is 1. The Morgan fingerprint density at radius 3 is 2.58 bits per heavy atom. The second kappa shape index (κ2) is 8.99. The third kappa shape index (κ3) is 4.73. The van der Waals surface area contributed by atoms with Crippen molar-refractivity contribution in [3.63, 3.8) is 0 Å². The second-order valence-corrected chi connectivity index (χ2v) is 6.75. The maximum Gasteiger partial charge on any atom is 0.307 e. The number of halogens is 3. The van der Waals surface area contributed by atoms with Crippen molar-refractivity contribution in [2.45, 2.75) is 25.9 Å². The van der Waals surface area contributed by atoms with Crippen molar-refractivity contribution in [2.24, 2.45) is 7.05 Å². The van der Waals surface area contributed by atoms with Crippen LogP contribution in [0.4, 0.5) is 18.9 Å². The number of rotatable bonds is 6. The molecule has 0 aliphatic rings. The van der Waals surface area contributed by atoms with Crippen LogP contribution in [0.3, 0.4) is 0 Å². The number of amides is 1.